The highest BCUT2D eigenvalue weighted by Gasteiger charge is 2.17. The molecule has 0 aliphatic carbocycles. The van der Waals surface area contributed by atoms with E-state index in [9.17, 15) is 12.8 Å². The second kappa shape index (κ2) is 8.97. The maximum absolute atomic E-state index is 14.5. The van der Waals surface area contributed by atoms with Gasteiger partial charge in [0.2, 0.25) is 10.0 Å². The molecule has 0 saturated heterocycles. The van der Waals surface area contributed by atoms with Crippen molar-refractivity contribution < 1.29 is 12.8 Å². The number of benzene rings is 1. The minimum Gasteiger partial charge on any atom is -0.397 e. The molecule has 0 atom stereocenters. The summed E-state index contributed by atoms with van der Waals surface area (Å²) < 4.78 is 39.8. The van der Waals surface area contributed by atoms with Crippen molar-refractivity contribution in [3.63, 3.8) is 0 Å². The molecule has 13 heteroatoms. The molecule has 5 N–H and O–H groups in total. The first kappa shape index (κ1) is 23.6. The molecule has 0 saturated carbocycles. The zero-order valence-electron chi connectivity index (χ0n) is 19.9. The third kappa shape index (κ3) is 4.55. The number of rotatable bonds is 6. The maximum Gasteiger partial charge on any atom is 0.209 e. The van der Waals surface area contributed by atoms with Crippen molar-refractivity contribution in [1.82, 2.24) is 39.8 Å². The number of halogens is 1. The number of aromatic nitrogens is 7. The standard InChI is InChI=1S/C25H20FN9O2S/c1-38(36,37)31-7-13-2-14(4-16(26)3-13)19-10-29-11-22-23(19)33-25(32-22)24-18-6-20(30-12-21(18)34-35-24)15-5-17(27)9-28-8-15/h2-6,8-12,31H,7,27H2,1H3,(H,32,33)(H,34,35). The zero-order valence-corrected chi connectivity index (χ0v) is 20.7. The lowest BCUT2D eigenvalue weighted by Crippen LogP contribution is -2.21. The van der Waals surface area contributed by atoms with Gasteiger partial charge in [-0.15, -0.1) is 0 Å². The van der Waals surface area contributed by atoms with E-state index in [1.54, 1.807) is 43.1 Å². The first-order chi connectivity index (χ1) is 18.2. The van der Waals surface area contributed by atoms with Crippen molar-refractivity contribution in [1.29, 1.82) is 0 Å². The molecule has 5 aromatic heterocycles. The summed E-state index contributed by atoms with van der Waals surface area (Å²) in [6, 6.07) is 8.01. The summed E-state index contributed by atoms with van der Waals surface area (Å²) in [6.45, 7) is -0.0446. The Labute approximate surface area is 215 Å². The molecule has 0 unspecified atom stereocenters. The molecule has 190 valence electrons. The summed E-state index contributed by atoms with van der Waals surface area (Å²) in [6.07, 6.45) is 9.19. The van der Waals surface area contributed by atoms with Crippen molar-refractivity contribution in [3.05, 3.63) is 72.7 Å². The van der Waals surface area contributed by atoms with E-state index in [1.165, 1.54) is 12.1 Å². The number of nitrogens with one attached hydrogen (secondary N) is 3. The van der Waals surface area contributed by atoms with Crippen molar-refractivity contribution in [2.45, 2.75) is 6.54 Å². The van der Waals surface area contributed by atoms with E-state index >= 15 is 0 Å². The number of fused-ring (bicyclic) bond motifs is 2. The molecule has 0 amide bonds. The number of aromatic amines is 2. The predicted octanol–water partition coefficient (Wildman–Crippen LogP) is 3.40. The van der Waals surface area contributed by atoms with Crippen LogP contribution in [0.3, 0.4) is 0 Å². The maximum atomic E-state index is 14.5. The molecule has 0 radical (unpaired) electrons. The summed E-state index contributed by atoms with van der Waals surface area (Å²) in [5.74, 6) is -0.0198. The van der Waals surface area contributed by atoms with Gasteiger partial charge in [0.25, 0.3) is 0 Å². The van der Waals surface area contributed by atoms with Crippen LogP contribution < -0.4 is 10.5 Å². The van der Waals surface area contributed by atoms with Crippen LogP contribution in [0, 0.1) is 5.82 Å². The monoisotopic (exact) mass is 529 g/mol. The molecule has 6 aromatic rings. The highest BCUT2D eigenvalue weighted by molar-refractivity contribution is 7.88. The van der Waals surface area contributed by atoms with Crippen molar-refractivity contribution in [2.24, 2.45) is 0 Å². The zero-order chi connectivity index (χ0) is 26.4. The van der Waals surface area contributed by atoms with Gasteiger partial charge >= 0.3 is 0 Å². The fraction of sp³-hybridized carbons (Fsp3) is 0.0800. The van der Waals surface area contributed by atoms with Gasteiger partial charge in [-0.3, -0.25) is 20.1 Å². The Bertz CT molecular complexity index is 1950. The van der Waals surface area contributed by atoms with E-state index in [0.717, 1.165) is 17.2 Å². The van der Waals surface area contributed by atoms with Gasteiger partial charge in [-0.1, -0.05) is 0 Å². The molecule has 38 heavy (non-hydrogen) atoms. The Morgan fingerprint density at radius 2 is 1.82 bits per heavy atom. The van der Waals surface area contributed by atoms with E-state index < -0.39 is 15.8 Å². The number of pyridine rings is 3. The van der Waals surface area contributed by atoms with Crippen LogP contribution in [-0.4, -0.2) is 49.8 Å². The SMILES string of the molecule is CS(=O)(=O)NCc1cc(F)cc(-c2cncc3[nH]c(-c4n[nH]c5cnc(-c6cncc(N)c6)cc45)nc23)c1. The highest BCUT2D eigenvalue weighted by atomic mass is 32.2. The molecular weight excluding hydrogens is 509 g/mol. The molecule has 6 rings (SSSR count). The number of hydrogen-bond acceptors (Lipinski definition) is 8. The Morgan fingerprint density at radius 3 is 2.63 bits per heavy atom. The van der Waals surface area contributed by atoms with Crippen molar-refractivity contribution in [2.75, 3.05) is 12.0 Å². The number of imidazole rings is 1. The molecule has 0 bridgehead atoms. The second-order valence-electron chi connectivity index (χ2n) is 8.80. The van der Waals surface area contributed by atoms with Gasteiger partial charge in [-0.2, -0.15) is 5.10 Å². The lowest BCUT2D eigenvalue weighted by atomic mass is 10.0. The topological polar surface area (TPSA) is 168 Å². The van der Waals surface area contributed by atoms with E-state index in [2.05, 4.69) is 34.9 Å². The van der Waals surface area contributed by atoms with Crippen LogP contribution in [0.2, 0.25) is 0 Å². The first-order valence-electron chi connectivity index (χ1n) is 11.4. The van der Waals surface area contributed by atoms with E-state index in [1.807, 2.05) is 6.07 Å². The minimum absolute atomic E-state index is 0.0446. The average Bonchev–Trinajstić information content (AvgIpc) is 3.50. The first-order valence-corrected chi connectivity index (χ1v) is 13.3. The van der Waals surface area contributed by atoms with Crippen molar-refractivity contribution >= 4 is 37.6 Å². The molecule has 11 nitrogen and oxygen atoms in total. The molecule has 0 fully saturated rings. The Hall–Kier alpha value is -4.75. The number of nitrogens with two attached hydrogens (primary N) is 1. The molecular formula is C25H20FN9O2S. The van der Waals surface area contributed by atoms with E-state index in [4.69, 9.17) is 10.7 Å². The number of H-pyrrole nitrogens is 2. The Morgan fingerprint density at radius 1 is 0.974 bits per heavy atom. The lowest BCUT2D eigenvalue weighted by molar-refractivity contribution is 0.586. The van der Waals surface area contributed by atoms with Crippen LogP contribution in [0.15, 0.2) is 61.3 Å². The number of sulfonamides is 1. The van der Waals surface area contributed by atoms with Gasteiger partial charge in [-0.25, -0.2) is 22.5 Å². The Balaban J connectivity index is 1.43. The number of nitrogens with zero attached hydrogens (tertiary/aromatic N) is 5. The fourth-order valence-corrected chi connectivity index (χ4v) is 4.66. The summed E-state index contributed by atoms with van der Waals surface area (Å²) in [7, 11) is -3.44. The van der Waals surface area contributed by atoms with Gasteiger partial charge in [0, 0.05) is 41.6 Å². The molecule has 0 aliphatic rings. The largest absolute Gasteiger partial charge is 0.397 e. The van der Waals surface area contributed by atoms with Gasteiger partial charge in [0.1, 0.15) is 11.5 Å². The molecule has 5 heterocycles. The van der Waals surface area contributed by atoms with Gasteiger partial charge in [0.05, 0.1) is 46.6 Å². The van der Waals surface area contributed by atoms with Crippen molar-refractivity contribution in [3.8, 4) is 33.9 Å². The predicted molar refractivity (Wildman–Crippen MR) is 141 cm³/mol. The minimum atomic E-state index is -3.44. The smallest absolute Gasteiger partial charge is 0.209 e. The van der Waals surface area contributed by atoms with Crippen LogP contribution in [0.25, 0.3) is 55.8 Å². The lowest BCUT2D eigenvalue weighted by Gasteiger charge is -2.07. The normalized spacial score (nSPS) is 11.9. The molecule has 0 aliphatic heterocycles. The van der Waals surface area contributed by atoms with Gasteiger partial charge in [-0.05, 0) is 41.5 Å². The summed E-state index contributed by atoms with van der Waals surface area (Å²) in [4.78, 5) is 20.9. The summed E-state index contributed by atoms with van der Waals surface area (Å²) >= 11 is 0. The van der Waals surface area contributed by atoms with Crippen LogP contribution in [0.5, 0.6) is 0 Å². The van der Waals surface area contributed by atoms with Crippen LogP contribution in [0.4, 0.5) is 10.1 Å². The summed E-state index contributed by atoms with van der Waals surface area (Å²) in [5.41, 5.74) is 11.9. The van der Waals surface area contributed by atoms with Gasteiger partial charge in [0.15, 0.2) is 5.82 Å². The Kier molecular flexibility index (Phi) is 5.58. The average molecular weight is 530 g/mol. The highest BCUT2D eigenvalue weighted by Crippen LogP contribution is 2.32. The molecule has 1 aromatic carbocycles. The van der Waals surface area contributed by atoms with E-state index in [-0.39, 0.29) is 6.54 Å². The number of nitrogen functional groups attached to an aromatic ring is 1. The van der Waals surface area contributed by atoms with Crippen LogP contribution in [-0.2, 0) is 16.6 Å². The third-order valence-corrected chi connectivity index (χ3v) is 6.60. The number of anilines is 1. The summed E-state index contributed by atoms with van der Waals surface area (Å²) in [5, 5.41) is 8.20. The van der Waals surface area contributed by atoms with Crippen LogP contribution in [0.1, 0.15) is 5.56 Å². The fourth-order valence-electron chi connectivity index (χ4n) is 4.23. The van der Waals surface area contributed by atoms with Gasteiger partial charge < -0.3 is 10.7 Å². The third-order valence-electron chi connectivity index (χ3n) is 5.93. The number of hydrogen-bond donors (Lipinski definition) is 4. The van der Waals surface area contributed by atoms with Crippen LogP contribution >= 0.6 is 0 Å². The second-order valence-corrected chi connectivity index (χ2v) is 10.6. The quantitative estimate of drug-likeness (QED) is 0.254. The molecule has 0 spiro atoms. The van der Waals surface area contributed by atoms with E-state index in [0.29, 0.717) is 56.1 Å².